The summed E-state index contributed by atoms with van der Waals surface area (Å²) in [5.74, 6) is 0.562. The fourth-order valence-electron chi connectivity index (χ4n) is 3.55. The van der Waals surface area contributed by atoms with Crippen LogP contribution in [0.2, 0.25) is 0 Å². The van der Waals surface area contributed by atoms with Gasteiger partial charge >= 0.3 is 0 Å². The van der Waals surface area contributed by atoms with Gasteiger partial charge in [-0.15, -0.1) is 0 Å². The summed E-state index contributed by atoms with van der Waals surface area (Å²) >= 11 is 0. The zero-order chi connectivity index (χ0) is 18.0. The van der Waals surface area contributed by atoms with Gasteiger partial charge in [0.05, 0.1) is 10.9 Å². The molecular formula is C21H27NO2S. The average Bonchev–Trinajstić information content (AvgIpc) is 3.06. The van der Waals surface area contributed by atoms with Crippen molar-refractivity contribution in [1.82, 2.24) is 4.31 Å². The molecule has 1 unspecified atom stereocenters. The lowest BCUT2D eigenvalue weighted by Crippen LogP contribution is -2.30. The molecule has 1 aliphatic heterocycles. The fourth-order valence-corrected chi connectivity index (χ4v) is 5.24. The normalized spacial score (nSPS) is 18.8. The molecular weight excluding hydrogens is 330 g/mol. The van der Waals surface area contributed by atoms with Gasteiger partial charge in [-0.3, -0.25) is 0 Å². The maximum Gasteiger partial charge on any atom is 0.243 e. The standard InChI is InChI=1S/C21H27NO2S/c1-16(2)15-18-8-12-20(13-9-18)25(23,24)22-14-4-5-21(22)19-10-6-17(3)7-11-19/h6-13,16,21H,4-5,14-15H2,1-3H3. The maximum absolute atomic E-state index is 13.1. The van der Waals surface area contributed by atoms with Gasteiger partial charge in [0.25, 0.3) is 0 Å². The van der Waals surface area contributed by atoms with Gasteiger partial charge in [0.15, 0.2) is 0 Å². The molecule has 1 aliphatic rings. The number of nitrogens with zero attached hydrogens (tertiary/aromatic N) is 1. The van der Waals surface area contributed by atoms with E-state index in [1.165, 1.54) is 11.1 Å². The minimum absolute atomic E-state index is 0.0547. The van der Waals surface area contributed by atoms with Crippen LogP contribution in [0, 0.1) is 12.8 Å². The summed E-state index contributed by atoms with van der Waals surface area (Å²) in [6, 6.07) is 15.6. The second-order valence-electron chi connectivity index (χ2n) is 7.43. The first-order chi connectivity index (χ1) is 11.9. The molecule has 3 rings (SSSR count). The number of hydrogen-bond acceptors (Lipinski definition) is 2. The van der Waals surface area contributed by atoms with Gasteiger partial charge in [0.2, 0.25) is 10.0 Å². The third-order valence-electron chi connectivity index (χ3n) is 4.84. The lowest BCUT2D eigenvalue weighted by atomic mass is 10.0. The summed E-state index contributed by atoms with van der Waals surface area (Å²) in [6.45, 7) is 6.97. The summed E-state index contributed by atoms with van der Waals surface area (Å²) in [6.07, 6.45) is 2.76. The van der Waals surface area contributed by atoms with Crippen LogP contribution in [0.15, 0.2) is 53.4 Å². The zero-order valence-corrected chi connectivity index (χ0v) is 16.1. The van der Waals surface area contributed by atoms with Crippen molar-refractivity contribution in [3.63, 3.8) is 0 Å². The summed E-state index contributed by atoms with van der Waals surface area (Å²) in [4.78, 5) is 0.402. The van der Waals surface area contributed by atoms with E-state index >= 15 is 0 Å². The summed E-state index contributed by atoms with van der Waals surface area (Å²) < 4.78 is 28.0. The zero-order valence-electron chi connectivity index (χ0n) is 15.3. The maximum atomic E-state index is 13.1. The van der Waals surface area contributed by atoms with Gasteiger partial charge in [-0.25, -0.2) is 8.42 Å². The van der Waals surface area contributed by atoms with Gasteiger partial charge < -0.3 is 0 Å². The Labute approximate surface area is 151 Å². The van der Waals surface area contributed by atoms with E-state index in [0.29, 0.717) is 17.4 Å². The molecule has 1 heterocycles. The van der Waals surface area contributed by atoms with Crippen molar-refractivity contribution in [1.29, 1.82) is 0 Å². The Bertz CT molecular complexity index is 808. The first-order valence-corrected chi connectivity index (χ1v) is 10.5. The van der Waals surface area contributed by atoms with Crippen LogP contribution < -0.4 is 0 Å². The van der Waals surface area contributed by atoms with Gasteiger partial charge in [-0.2, -0.15) is 4.31 Å². The largest absolute Gasteiger partial charge is 0.243 e. The molecule has 0 aromatic heterocycles. The SMILES string of the molecule is Cc1ccc(C2CCCN2S(=O)(=O)c2ccc(CC(C)C)cc2)cc1. The van der Waals surface area contributed by atoms with E-state index in [0.717, 1.165) is 24.8 Å². The van der Waals surface area contributed by atoms with Crippen molar-refractivity contribution in [2.45, 2.75) is 51.0 Å². The molecule has 0 N–H and O–H groups in total. The van der Waals surface area contributed by atoms with Crippen LogP contribution in [0.1, 0.15) is 49.4 Å². The van der Waals surface area contributed by atoms with Crippen LogP contribution in [-0.4, -0.2) is 19.3 Å². The quantitative estimate of drug-likeness (QED) is 0.776. The molecule has 4 heteroatoms. The Balaban J connectivity index is 1.86. The molecule has 2 aromatic rings. The van der Waals surface area contributed by atoms with Crippen molar-refractivity contribution < 1.29 is 8.42 Å². The Morgan fingerprint density at radius 3 is 2.28 bits per heavy atom. The number of aryl methyl sites for hydroxylation is 1. The average molecular weight is 358 g/mol. The molecule has 0 spiro atoms. The fraction of sp³-hybridized carbons (Fsp3) is 0.429. The lowest BCUT2D eigenvalue weighted by Gasteiger charge is -2.24. The molecule has 2 aromatic carbocycles. The van der Waals surface area contributed by atoms with E-state index < -0.39 is 10.0 Å². The lowest BCUT2D eigenvalue weighted by molar-refractivity contribution is 0.396. The molecule has 1 fully saturated rings. The van der Waals surface area contributed by atoms with Gasteiger partial charge in [-0.05, 0) is 55.4 Å². The van der Waals surface area contributed by atoms with Crippen LogP contribution in [0.4, 0.5) is 0 Å². The topological polar surface area (TPSA) is 37.4 Å². The molecule has 25 heavy (non-hydrogen) atoms. The Hall–Kier alpha value is -1.65. The Morgan fingerprint density at radius 1 is 1.04 bits per heavy atom. The number of sulfonamides is 1. The highest BCUT2D eigenvalue weighted by molar-refractivity contribution is 7.89. The van der Waals surface area contributed by atoms with Crippen molar-refractivity contribution >= 4 is 10.0 Å². The molecule has 0 saturated carbocycles. The van der Waals surface area contributed by atoms with E-state index in [9.17, 15) is 8.42 Å². The van der Waals surface area contributed by atoms with E-state index in [-0.39, 0.29) is 6.04 Å². The summed E-state index contributed by atoms with van der Waals surface area (Å²) in [7, 11) is -3.46. The van der Waals surface area contributed by atoms with E-state index in [1.54, 1.807) is 16.4 Å². The Kier molecular flexibility index (Phi) is 5.30. The second-order valence-corrected chi connectivity index (χ2v) is 9.32. The number of hydrogen-bond donors (Lipinski definition) is 0. The third-order valence-corrected chi connectivity index (χ3v) is 6.76. The van der Waals surface area contributed by atoms with Crippen molar-refractivity contribution in [2.75, 3.05) is 6.54 Å². The van der Waals surface area contributed by atoms with Crippen LogP contribution >= 0.6 is 0 Å². The smallest absolute Gasteiger partial charge is 0.207 e. The van der Waals surface area contributed by atoms with E-state index in [4.69, 9.17) is 0 Å². The first kappa shape index (κ1) is 18.2. The number of benzene rings is 2. The molecule has 0 aliphatic carbocycles. The van der Waals surface area contributed by atoms with Gasteiger partial charge in [0.1, 0.15) is 0 Å². The molecule has 0 amide bonds. The van der Waals surface area contributed by atoms with Crippen LogP contribution in [0.3, 0.4) is 0 Å². The van der Waals surface area contributed by atoms with Crippen LogP contribution in [0.25, 0.3) is 0 Å². The predicted octanol–water partition coefficient (Wildman–Crippen LogP) is 4.72. The van der Waals surface area contributed by atoms with Crippen molar-refractivity contribution in [3.05, 3.63) is 65.2 Å². The van der Waals surface area contributed by atoms with Crippen molar-refractivity contribution in [2.24, 2.45) is 5.92 Å². The monoisotopic (exact) mass is 357 g/mol. The van der Waals surface area contributed by atoms with Crippen LogP contribution in [0.5, 0.6) is 0 Å². The van der Waals surface area contributed by atoms with Gasteiger partial charge in [0, 0.05) is 6.54 Å². The third kappa shape index (κ3) is 3.96. The molecule has 1 saturated heterocycles. The minimum atomic E-state index is -3.46. The molecule has 134 valence electrons. The molecule has 1 atom stereocenters. The van der Waals surface area contributed by atoms with E-state index in [1.807, 2.05) is 19.1 Å². The highest BCUT2D eigenvalue weighted by atomic mass is 32.2. The minimum Gasteiger partial charge on any atom is -0.207 e. The summed E-state index contributed by atoms with van der Waals surface area (Å²) in [5, 5.41) is 0. The predicted molar refractivity (Wildman–Crippen MR) is 102 cm³/mol. The second kappa shape index (κ2) is 7.30. The van der Waals surface area contributed by atoms with Crippen LogP contribution in [-0.2, 0) is 16.4 Å². The van der Waals surface area contributed by atoms with Crippen molar-refractivity contribution in [3.8, 4) is 0 Å². The van der Waals surface area contributed by atoms with Gasteiger partial charge in [-0.1, -0.05) is 55.8 Å². The number of rotatable bonds is 5. The molecule has 0 radical (unpaired) electrons. The molecule has 3 nitrogen and oxygen atoms in total. The van der Waals surface area contributed by atoms with E-state index in [2.05, 4.69) is 38.1 Å². The highest BCUT2D eigenvalue weighted by Crippen LogP contribution is 2.36. The first-order valence-electron chi connectivity index (χ1n) is 9.05. The molecule has 0 bridgehead atoms. The summed E-state index contributed by atoms with van der Waals surface area (Å²) in [5.41, 5.74) is 3.46. The Morgan fingerprint density at radius 2 is 1.68 bits per heavy atom. The highest BCUT2D eigenvalue weighted by Gasteiger charge is 2.36.